The quantitative estimate of drug-likeness (QED) is 0.704. The fourth-order valence-electron chi connectivity index (χ4n) is 3.94. The number of carbonyl (C=O) groups excluding carboxylic acids is 1. The van der Waals surface area contributed by atoms with E-state index in [2.05, 4.69) is 10.1 Å². The number of hydrogen-bond donors (Lipinski definition) is 0. The van der Waals surface area contributed by atoms with Gasteiger partial charge in [0.15, 0.2) is 0 Å². The summed E-state index contributed by atoms with van der Waals surface area (Å²) in [6.45, 7) is 4.77. The van der Waals surface area contributed by atoms with E-state index in [0.717, 1.165) is 59.2 Å². The zero-order valence-electron chi connectivity index (χ0n) is 15.6. The molecule has 0 spiro atoms. The first-order chi connectivity index (χ1) is 12.5. The van der Waals surface area contributed by atoms with Crippen molar-refractivity contribution in [2.24, 2.45) is 7.05 Å². The second-order valence-corrected chi connectivity index (χ2v) is 7.21. The molecular weight excluding hydrogens is 324 g/mol. The van der Waals surface area contributed by atoms with E-state index in [1.54, 1.807) is 0 Å². The lowest BCUT2D eigenvalue weighted by atomic mass is 9.97. The minimum absolute atomic E-state index is 0.0470. The van der Waals surface area contributed by atoms with Gasteiger partial charge in [-0.1, -0.05) is 18.2 Å². The van der Waals surface area contributed by atoms with Crippen LogP contribution in [-0.4, -0.2) is 32.1 Å². The largest absolute Gasteiger partial charge is 0.330 e. The molecule has 2 aromatic heterocycles. The first-order valence-electron chi connectivity index (χ1n) is 9.22. The van der Waals surface area contributed by atoms with Crippen LogP contribution >= 0.6 is 0 Å². The number of nitrogens with zero attached hydrogens (tertiary/aromatic N) is 4. The number of hydrogen-bond acceptors (Lipinski definition) is 3. The summed E-state index contributed by atoms with van der Waals surface area (Å²) in [6, 6.07) is 10.0. The maximum Gasteiger partial charge on any atom is 0.255 e. The second-order valence-electron chi connectivity index (χ2n) is 7.21. The van der Waals surface area contributed by atoms with E-state index in [9.17, 15) is 4.79 Å². The van der Waals surface area contributed by atoms with E-state index >= 15 is 0 Å². The number of benzene rings is 1. The van der Waals surface area contributed by atoms with Crippen LogP contribution in [-0.2, 0) is 7.05 Å². The molecule has 0 bridgehead atoms. The van der Waals surface area contributed by atoms with Crippen molar-refractivity contribution in [3.63, 3.8) is 0 Å². The Balaban J connectivity index is 1.79. The van der Waals surface area contributed by atoms with Gasteiger partial charge in [-0.25, -0.2) is 0 Å². The molecule has 0 radical (unpaired) electrons. The van der Waals surface area contributed by atoms with Crippen LogP contribution < -0.4 is 0 Å². The lowest BCUT2D eigenvalue weighted by Crippen LogP contribution is -2.39. The van der Waals surface area contributed by atoms with Crippen LogP contribution in [0.25, 0.3) is 10.9 Å². The maximum absolute atomic E-state index is 13.5. The van der Waals surface area contributed by atoms with Crippen molar-refractivity contribution in [1.29, 1.82) is 0 Å². The van der Waals surface area contributed by atoms with Crippen LogP contribution in [0.1, 0.15) is 52.6 Å². The third-order valence-corrected chi connectivity index (χ3v) is 5.24. The van der Waals surface area contributed by atoms with Crippen LogP contribution in [0.5, 0.6) is 0 Å². The highest BCUT2D eigenvalue weighted by molar-refractivity contribution is 6.07. The van der Waals surface area contributed by atoms with E-state index in [0.29, 0.717) is 0 Å². The summed E-state index contributed by atoms with van der Waals surface area (Å²) in [5.74, 6) is 0.0847. The van der Waals surface area contributed by atoms with E-state index in [1.807, 2.05) is 67.0 Å². The summed E-state index contributed by atoms with van der Waals surface area (Å²) in [4.78, 5) is 20.2. The molecule has 4 rings (SSSR count). The average molecular weight is 348 g/mol. The number of rotatable bonds is 2. The van der Waals surface area contributed by atoms with Gasteiger partial charge >= 0.3 is 0 Å². The molecule has 1 atom stereocenters. The Morgan fingerprint density at radius 1 is 1.19 bits per heavy atom. The Morgan fingerprint density at radius 3 is 2.81 bits per heavy atom. The molecule has 1 aliphatic rings. The molecule has 0 aliphatic carbocycles. The zero-order valence-corrected chi connectivity index (χ0v) is 15.6. The molecule has 5 nitrogen and oxygen atoms in total. The van der Waals surface area contributed by atoms with Gasteiger partial charge in [0.1, 0.15) is 0 Å². The van der Waals surface area contributed by atoms with Gasteiger partial charge in [0, 0.05) is 30.9 Å². The Kier molecular flexibility index (Phi) is 4.23. The van der Waals surface area contributed by atoms with Crippen molar-refractivity contribution >= 4 is 16.8 Å². The van der Waals surface area contributed by atoms with Crippen molar-refractivity contribution < 1.29 is 4.79 Å². The van der Waals surface area contributed by atoms with Gasteiger partial charge in [0.2, 0.25) is 0 Å². The second kappa shape index (κ2) is 6.56. The lowest BCUT2D eigenvalue weighted by molar-refractivity contribution is 0.0607. The number of pyridine rings is 1. The fraction of sp³-hybridized carbons (Fsp3) is 0.381. The molecule has 1 amide bonds. The molecule has 3 heterocycles. The van der Waals surface area contributed by atoms with Crippen LogP contribution in [0.4, 0.5) is 0 Å². The van der Waals surface area contributed by atoms with Crippen LogP contribution in [0.2, 0.25) is 0 Å². The molecule has 0 saturated carbocycles. The summed E-state index contributed by atoms with van der Waals surface area (Å²) in [5, 5.41) is 5.50. The van der Waals surface area contributed by atoms with Gasteiger partial charge < -0.3 is 4.90 Å². The normalized spacial score (nSPS) is 17.7. The van der Waals surface area contributed by atoms with Crippen molar-refractivity contribution in [2.75, 3.05) is 6.54 Å². The Bertz CT molecular complexity index is 975. The SMILES string of the molecule is Cc1cc(C(=O)N2CCCC[C@H]2c2ccn(C)n2)c2cccc(C)c2n1. The Labute approximate surface area is 153 Å². The van der Waals surface area contributed by atoms with Crippen LogP contribution in [0.15, 0.2) is 36.5 Å². The topological polar surface area (TPSA) is 51.0 Å². The van der Waals surface area contributed by atoms with E-state index in [1.165, 1.54) is 0 Å². The number of carbonyl (C=O) groups is 1. The third kappa shape index (κ3) is 2.87. The number of aryl methyl sites for hydroxylation is 3. The predicted molar refractivity (Wildman–Crippen MR) is 102 cm³/mol. The molecular formula is C21H24N4O. The van der Waals surface area contributed by atoms with Gasteiger partial charge in [-0.3, -0.25) is 14.5 Å². The minimum Gasteiger partial charge on any atom is -0.330 e. The molecule has 26 heavy (non-hydrogen) atoms. The van der Waals surface area contributed by atoms with Crippen molar-refractivity contribution in [1.82, 2.24) is 19.7 Å². The van der Waals surface area contributed by atoms with Gasteiger partial charge in [0.25, 0.3) is 5.91 Å². The molecule has 0 N–H and O–H groups in total. The number of likely N-dealkylation sites (tertiary alicyclic amines) is 1. The fourth-order valence-corrected chi connectivity index (χ4v) is 3.94. The summed E-state index contributed by atoms with van der Waals surface area (Å²) < 4.78 is 1.81. The van der Waals surface area contributed by atoms with Crippen molar-refractivity contribution in [2.45, 2.75) is 39.2 Å². The van der Waals surface area contributed by atoms with E-state index in [4.69, 9.17) is 0 Å². The Morgan fingerprint density at radius 2 is 2.04 bits per heavy atom. The first kappa shape index (κ1) is 16.8. The molecule has 1 aromatic carbocycles. The molecule has 1 fully saturated rings. The molecule has 134 valence electrons. The number of piperidine rings is 1. The van der Waals surface area contributed by atoms with E-state index < -0.39 is 0 Å². The molecule has 1 saturated heterocycles. The summed E-state index contributed by atoms with van der Waals surface area (Å²) >= 11 is 0. The summed E-state index contributed by atoms with van der Waals surface area (Å²) in [5.41, 5.74) is 4.62. The van der Waals surface area contributed by atoms with Crippen LogP contribution in [0, 0.1) is 13.8 Å². The van der Waals surface area contributed by atoms with Gasteiger partial charge in [-0.2, -0.15) is 5.10 Å². The first-order valence-corrected chi connectivity index (χ1v) is 9.22. The standard InChI is InChI=1S/C21H24N4O/c1-14-7-6-8-16-17(13-15(2)22-20(14)16)21(26)25-11-5-4-9-19(25)18-10-12-24(3)23-18/h6-8,10,12-13,19H,4-5,9,11H2,1-3H3/t19-/m0/s1. The third-order valence-electron chi connectivity index (χ3n) is 5.24. The summed E-state index contributed by atoms with van der Waals surface area (Å²) in [6.07, 6.45) is 5.07. The van der Waals surface area contributed by atoms with E-state index in [-0.39, 0.29) is 11.9 Å². The smallest absolute Gasteiger partial charge is 0.255 e. The van der Waals surface area contributed by atoms with Crippen molar-refractivity contribution in [3.05, 3.63) is 59.0 Å². The summed E-state index contributed by atoms with van der Waals surface area (Å²) in [7, 11) is 1.92. The molecule has 5 heteroatoms. The number of aromatic nitrogens is 3. The molecule has 3 aromatic rings. The monoisotopic (exact) mass is 348 g/mol. The molecule has 0 unspecified atom stereocenters. The van der Waals surface area contributed by atoms with Gasteiger partial charge in [0.05, 0.1) is 22.8 Å². The van der Waals surface area contributed by atoms with Crippen molar-refractivity contribution in [3.8, 4) is 0 Å². The Hall–Kier alpha value is -2.69. The molecule has 1 aliphatic heterocycles. The maximum atomic E-state index is 13.5. The highest BCUT2D eigenvalue weighted by atomic mass is 16.2. The number of para-hydroxylation sites is 1. The average Bonchev–Trinajstić information content (AvgIpc) is 3.07. The highest BCUT2D eigenvalue weighted by Gasteiger charge is 2.31. The van der Waals surface area contributed by atoms with Gasteiger partial charge in [-0.15, -0.1) is 0 Å². The highest BCUT2D eigenvalue weighted by Crippen LogP contribution is 2.32. The van der Waals surface area contributed by atoms with Gasteiger partial charge in [-0.05, 0) is 50.8 Å². The number of amides is 1. The zero-order chi connectivity index (χ0) is 18.3. The number of fused-ring (bicyclic) bond motifs is 1. The lowest BCUT2D eigenvalue weighted by Gasteiger charge is -2.35. The minimum atomic E-state index is 0.0470. The van der Waals surface area contributed by atoms with Crippen LogP contribution in [0.3, 0.4) is 0 Å². The predicted octanol–water partition coefficient (Wildman–Crippen LogP) is 3.95.